The molecule has 0 radical (unpaired) electrons. The van der Waals surface area contributed by atoms with Gasteiger partial charge in [-0.15, -0.1) is 0 Å². The normalized spacial score (nSPS) is 24.2. The van der Waals surface area contributed by atoms with E-state index in [1.54, 1.807) is 0 Å². The summed E-state index contributed by atoms with van der Waals surface area (Å²) in [6.07, 6.45) is 52.4. The Morgan fingerprint density at radius 3 is 1.20 bits per heavy atom. The molecule has 0 spiro atoms. The van der Waals surface area contributed by atoms with Crippen LogP contribution in [0.3, 0.4) is 0 Å². The SMILES string of the molecule is CCCCCCC/C=C\C/C=C\C/C=C\CCCCCCCCCCCCC(=O)OC(COCCCCCCCCC/C=C\C/C=C\C/C=C\CCCCCCC)COC1OC(COC2OC(CO)C(O)C(O)C2O)C(O)C(O)C1O. The number of unbranched alkanes of at least 4 members (excludes halogenated alkanes) is 27. The molecule has 0 aromatic heterocycles. The summed E-state index contributed by atoms with van der Waals surface area (Å²) in [5, 5.41) is 72.5. The Hall–Kier alpha value is -2.57. The smallest absolute Gasteiger partial charge is 0.306 e. The van der Waals surface area contributed by atoms with Crippen molar-refractivity contribution in [2.45, 2.75) is 313 Å². The van der Waals surface area contributed by atoms with Gasteiger partial charge in [-0.2, -0.15) is 0 Å². The third-order valence-corrected chi connectivity index (χ3v) is 15.2. The molecule has 81 heavy (non-hydrogen) atoms. The lowest BCUT2D eigenvalue weighted by atomic mass is 9.98. The number of hydrogen-bond donors (Lipinski definition) is 7. The number of ether oxygens (including phenoxy) is 6. The molecule has 14 nitrogen and oxygen atoms in total. The summed E-state index contributed by atoms with van der Waals surface area (Å²) in [5.74, 6) is -0.384. The van der Waals surface area contributed by atoms with Crippen LogP contribution in [0.4, 0.5) is 0 Å². The first kappa shape index (κ1) is 74.5. The molecule has 0 aliphatic carbocycles. The van der Waals surface area contributed by atoms with Crippen molar-refractivity contribution in [2.24, 2.45) is 0 Å². The van der Waals surface area contributed by atoms with Crippen LogP contribution in [0.25, 0.3) is 0 Å². The minimum atomic E-state index is -1.71. The van der Waals surface area contributed by atoms with Crippen molar-refractivity contribution in [3.8, 4) is 0 Å². The standard InChI is InChI=1S/C67H118O14/c1-3-5-7-9-11-13-15-17-19-21-23-25-27-28-29-30-32-34-36-38-40-42-44-46-48-50-59(69)79-56(53-76-51-49-47-45-43-41-39-37-35-33-31-26-24-22-20-18-16-14-12-10-8-6-4-2)54-77-66-65(75)63(73)61(71)58(81-66)55-78-67-64(74)62(72)60(70)57(52-68)80-67/h15-18,21-24,27-28,31,33,56-58,60-68,70-75H,3-14,19-20,25-26,29-30,32,34-55H2,1-2H3/b17-15-,18-16-,23-21-,24-22-,28-27-,33-31-. The van der Waals surface area contributed by atoms with Crippen LogP contribution < -0.4 is 0 Å². The highest BCUT2D eigenvalue weighted by molar-refractivity contribution is 5.69. The fourth-order valence-corrected chi connectivity index (χ4v) is 9.95. The zero-order valence-corrected chi connectivity index (χ0v) is 50.8. The van der Waals surface area contributed by atoms with E-state index in [1.165, 1.54) is 141 Å². The van der Waals surface area contributed by atoms with Gasteiger partial charge in [0.15, 0.2) is 12.6 Å². The van der Waals surface area contributed by atoms with E-state index < -0.39 is 80.7 Å². The van der Waals surface area contributed by atoms with Gasteiger partial charge in [0.1, 0.15) is 54.9 Å². The Morgan fingerprint density at radius 1 is 0.407 bits per heavy atom. The molecular weight excluding hydrogens is 1030 g/mol. The highest BCUT2D eigenvalue weighted by Crippen LogP contribution is 2.27. The fraction of sp³-hybridized carbons (Fsp3) is 0.806. The summed E-state index contributed by atoms with van der Waals surface area (Å²) in [4.78, 5) is 13.1. The van der Waals surface area contributed by atoms with E-state index in [2.05, 4.69) is 86.8 Å². The lowest BCUT2D eigenvalue weighted by Gasteiger charge is -2.42. The number of aliphatic hydroxyl groups excluding tert-OH is 7. The molecule has 470 valence electrons. The minimum Gasteiger partial charge on any atom is -0.457 e. The van der Waals surface area contributed by atoms with Crippen molar-refractivity contribution in [2.75, 3.05) is 33.0 Å². The second-order valence-electron chi connectivity index (χ2n) is 22.6. The van der Waals surface area contributed by atoms with Crippen LogP contribution in [0, 0.1) is 0 Å². The average molecular weight is 1150 g/mol. The monoisotopic (exact) mass is 1150 g/mol. The van der Waals surface area contributed by atoms with Gasteiger partial charge in [-0.3, -0.25) is 4.79 Å². The van der Waals surface area contributed by atoms with Crippen molar-refractivity contribution in [3.63, 3.8) is 0 Å². The summed E-state index contributed by atoms with van der Waals surface area (Å²) in [6, 6.07) is 0. The summed E-state index contributed by atoms with van der Waals surface area (Å²) < 4.78 is 34.5. The van der Waals surface area contributed by atoms with Crippen molar-refractivity contribution >= 4 is 5.97 Å². The molecule has 2 saturated heterocycles. The van der Waals surface area contributed by atoms with E-state index in [-0.39, 0.29) is 25.6 Å². The van der Waals surface area contributed by atoms with Gasteiger partial charge in [-0.25, -0.2) is 0 Å². The predicted octanol–water partition coefficient (Wildman–Crippen LogP) is 13.0. The van der Waals surface area contributed by atoms with Gasteiger partial charge in [-0.1, -0.05) is 222 Å². The van der Waals surface area contributed by atoms with Crippen molar-refractivity contribution in [3.05, 3.63) is 72.9 Å². The van der Waals surface area contributed by atoms with Crippen molar-refractivity contribution < 1.29 is 69.0 Å². The van der Waals surface area contributed by atoms with E-state index in [1.807, 2.05) is 0 Å². The topological polar surface area (TPSA) is 214 Å². The number of aliphatic hydroxyl groups is 7. The maximum atomic E-state index is 13.1. The molecule has 2 fully saturated rings. The predicted molar refractivity (Wildman–Crippen MR) is 325 cm³/mol. The molecule has 0 amide bonds. The second kappa shape index (κ2) is 52.9. The van der Waals surface area contributed by atoms with Crippen molar-refractivity contribution in [1.29, 1.82) is 0 Å². The minimum absolute atomic E-state index is 0.0505. The first-order chi connectivity index (χ1) is 39.6. The Kier molecular flexibility index (Phi) is 48.7. The lowest BCUT2D eigenvalue weighted by Crippen LogP contribution is -2.61. The van der Waals surface area contributed by atoms with Gasteiger partial charge >= 0.3 is 5.97 Å². The maximum Gasteiger partial charge on any atom is 0.306 e. The van der Waals surface area contributed by atoms with Gasteiger partial charge in [0.2, 0.25) is 0 Å². The molecule has 2 heterocycles. The van der Waals surface area contributed by atoms with Crippen LogP contribution in [-0.4, -0.2) is 142 Å². The molecule has 11 unspecified atom stereocenters. The summed E-state index contributed by atoms with van der Waals surface area (Å²) in [5.41, 5.74) is 0. The number of carbonyl (C=O) groups excluding carboxylic acids is 1. The highest BCUT2D eigenvalue weighted by atomic mass is 16.7. The molecule has 0 saturated carbocycles. The quantitative estimate of drug-likeness (QED) is 0.0172. The Bertz CT molecular complexity index is 1610. The first-order valence-corrected chi connectivity index (χ1v) is 32.5. The third-order valence-electron chi connectivity index (χ3n) is 15.2. The molecule has 0 aromatic rings. The third kappa shape index (κ3) is 38.9. The van der Waals surface area contributed by atoms with Gasteiger partial charge in [-0.05, 0) is 89.9 Å². The second-order valence-corrected chi connectivity index (χ2v) is 22.6. The van der Waals surface area contributed by atoms with Gasteiger partial charge in [0.25, 0.3) is 0 Å². The molecule has 2 aliphatic rings. The molecule has 2 rings (SSSR count). The molecule has 7 N–H and O–H groups in total. The van der Waals surface area contributed by atoms with Crippen LogP contribution in [0.1, 0.15) is 245 Å². The number of allylic oxidation sites excluding steroid dienone is 12. The Labute approximate surface area is 491 Å². The maximum absolute atomic E-state index is 13.1. The molecule has 0 bridgehead atoms. The first-order valence-electron chi connectivity index (χ1n) is 32.5. The Morgan fingerprint density at radius 2 is 0.765 bits per heavy atom. The molecule has 2 aliphatic heterocycles. The number of esters is 1. The van der Waals surface area contributed by atoms with Crippen LogP contribution in [0.5, 0.6) is 0 Å². The van der Waals surface area contributed by atoms with E-state index in [9.17, 15) is 40.5 Å². The average Bonchev–Trinajstić information content (AvgIpc) is 3.46. The van der Waals surface area contributed by atoms with Crippen LogP contribution in [0.2, 0.25) is 0 Å². The molecule has 11 atom stereocenters. The van der Waals surface area contributed by atoms with Crippen LogP contribution >= 0.6 is 0 Å². The van der Waals surface area contributed by atoms with Crippen LogP contribution in [-0.2, 0) is 33.2 Å². The lowest BCUT2D eigenvalue weighted by molar-refractivity contribution is -0.332. The molecule has 14 heteroatoms. The van der Waals surface area contributed by atoms with Gasteiger partial charge in [0.05, 0.1) is 26.4 Å². The number of hydrogen-bond acceptors (Lipinski definition) is 14. The van der Waals surface area contributed by atoms with E-state index in [4.69, 9.17) is 28.4 Å². The number of rotatable bonds is 53. The van der Waals surface area contributed by atoms with E-state index >= 15 is 0 Å². The summed E-state index contributed by atoms with van der Waals surface area (Å²) in [7, 11) is 0. The highest BCUT2D eigenvalue weighted by Gasteiger charge is 2.47. The van der Waals surface area contributed by atoms with Gasteiger partial charge in [0, 0.05) is 13.0 Å². The van der Waals surface area contributed by atoms with Gasteiger partial charge < -0.3 is 64.2 Å². The van der Waals surface area contributed by atoms with E-state index in [0.29, 0.717) is 13.0 Å². The van der Waals surface area contributed by atoms with Crippen molar-refractivity contribution in [1.82, 2.24) is 0 Å². The Balaban J connectivity index is 1.68. The largest absolute Gasteiger partial charge is 0.457 e. The summed E-state index contributed by atoms with van der Waals surface area (Å²) in [6.45, 7) is 3.66. The zero-order chi connectivity index (χ0) is 58.6. The number of carbonyl (C=O) groups is 1. The zero-order valence-electron chi connectivity index (χ0n) is 50.8. The van der Waals surface area contributed by atoms with Crippen LogP contribution in [0.15, 0.2) is 72.9 Å². The molecule has 0 aromatic carbocycles. The fourth-order valence-electron chi connectivity index (χ4n) is 9.95. The summed E-state index contributed by atoms with van der Waals surface area (Å²) >= 11 is 0. The van der Waals surface area contributed by atoms with E-state index in [0.717, 1.165) is 77.0 Å². The molecular formula is C67H118O14.